The molecule has 0 unspecified atom stereocenters. The molecule has 1 heteroatoms. The van der Waals surface area contributed by atoms with Gasteiger partial charge in [-0.15, -0.1) is 0 Å². The van der Waals surface area contributed by atoms with E-state index in [2.05, 4.69) is 18.2 Å². The predicted octanol–water partition coefficient (Wildman–Crippen LogP) is 6.11. The third-order valence-electron chi connectivity index (χ3n) is 1.59. The standard InChI is InChI=1S/C13H19N.2C2H6/c1-10(2)7-8-12(5)13(6)9-14-11(3)4;2*1-2/h7-9H,1,5H2,2-4,6H3;2*1-2H3/b8-7-,13-9+;;. The molecule has 0 amide bonds. The summed E-state index contributed by atoms with van der Waals surface area (Å²) in [5.41, 5.74) is 4.11. The molecule has 0 aliphatic carbocycles. The van der Waals surface area contributed by atoms with Gasteiger partial charge in [-0.2, -0.15) is 0 Å². The zero-order valence-corrected chi connectivity index (χ0v) is 13.6. The van der Waals surface area contributed by atoms with Crippen LogP contribution in [0.15, 0.2) is 53.2 Å². The van der Waals surface area contributed by atoms with Crippen LogP contribution < -0.4 is 0 Å². The van der Waals surface area contributed by atoms with Gasteiger partial charge in [0, 0.05) is 11.9 Å². The number of rotatable bonds is 4. The van der Waals surface area contributed by atoms with Crippen molar-refractivity contribution in [2.45, 2.75) is 55.4 Å². The molecule has 0 N–H and O–H groups in total. The topological polar surface area (TPSA) is 12.4 Å². The second-order valence-electron chi connectivity index (χ2n) is 3.59. The lowest BCUT2D eigenvalue weighted by atomic mass is 10.1. The van der Waals surface area contributed by atoms with Crippen LogP contribution in [0, 0.1) is 0 Å². The molecule has 0 aliphatic heterocycles. The highest BCUT2D eigenvalue weighted by Crippen LogP contribution is 2.09. The summed E-state index contributed by atoms with van der Waals surface area (Å²) >= 11 is 0. The molecule has 0 aromatic rings. The summed E-state index contributed by atoms with van der Waals surface area (Å²) in [7, 11) is 0. The summed E-state index contributed by atoms with van der Waals surface area (Å²) in [6, 6.07) is 0. The van der Waals surface area contributed by atoms with Crippen molar-refractivity contribution in [2.75, 3.05) is 0 Å². The first-order valence-corrected chi connectivity index (χ1v) is 6.64. The Labute approximate surface area is 115 Å². The van der Waals surface area contributed by atoms with Gasteiger partial charge < -0.3 is 0 Å². The Kier molecular flexibility index (Phi) is 19.0. The van der Waals surface area contributed by atoms with E-state index in [-0.39, 0.29) is 0 Å². The number of aliphatic imine (C=N–C) groups is 1. The fourth-order valence-corrected chi connectivity index (χ4v) is 0.683. The van der Waals surface area contributed by atoms with Crippen LogP contribution in [0.3, 0.4) is 0 Å². The van der Waals surface area contributed by atoms with Gasteiger partial charge in [-0.05, 0) is 38.8 Å². The molecule has 0 heterocycles. The Balaban J connectivity index is -0.000000506. The van der Waals surface area contributed by atoms with Crippen molar-refractivity contribution >= 4 is 5.71 Å². The quantitative estimate of drug-likeness (QED) is 0.421. The minimum absolute atomic E-state index is 0.970. The lowest BCUT2D eigenvalue weighted by Crippen LogP contribution is -1.81. The van der Waals surface area contributed by atoms with Crippen LogP contribution in [0.25, 0.3) is 0 Å². The first-order valence-electron chi connectivity index (χ1n) is 6.64. The summed E-state index contributed by atoms with van der Waals surface area (Å²) in [4.78, 5) is 4.21. The van der Waals surface area contributed by atoms with Gasteiger partial charge in [0.05, 0.1) is 0 Å². The van der Waals surface area contributed by atoms with Gasteiger partial charge in [-0.3, -0.25) is 4.99 Å². The summed E-state index contributed by atoms with van der Waals surface area (Å²) < 4.78 is 0. The summed E-state index contributed by atoms with van der Waals surface area (Å²) in [5, 5.41) is 0. The van der Waals surface area contributed by atoms with E-state index in [0.717, 1.165) is 22.4 Å². The first kappa shape index (κ1) is 21.9. The van der Waals surface area contributed by atoms with Gasteiger partial charge in [-0.1, -0.05) is 58.6 Å². The van der Waals surface area contributed by atoms with Crippen molar-refractivity contribution in [2.24, 2.45) is 4.99 Å². The molecular formula is C17H31N. The maximum absolute atomic E-state index is 4.21. The van der Waals surface area contributed by atoms with Crippen LogP contribution >= 0.6 is 0 Å². The molecule has 0 aliphatic rings. The summed E-state index contributed by atoms with van der Waals surface area (Å²) in [6.07, 6.45) is 5.73. The number of nitrogens with zero attached hydrogens (tertiary/aromatic N) is 1. The highest BCUT2D eigenvalue weighted by atomic mass is 14.7. The molecule has 0 rings (SSSR count). The molecule has 1 nitrogen and oxygen atoms in total. The van der Waals surface area contributed by atoms with E-state index in [1.165, 1.54) is 0 Å². The Bertz CT molecular complexity index is 311. The molecule has 104 valence electrons. The van der Waals surface area contributed by atoms with Gasteiger partial charge in [0.1, 0.15) is 0 Å². The fourth-order valence-electron chi connectivity index (χ4n) is 0.683. The number of hydrogen-bond acceptors (Lipinski definition) is 1. The maximum Gasteiger partial charge on any atom is 0.0301 e. The van der Waals surface area contributed by atoms with E-state index >= 15 is 0 Å². The molecule has 0 spiro atoms. The van der Waals surface area contributed by atoms with Crippen LogP contribution in [0.5, 0.6) is 0 Å². The third kappa shape index (κ3) is 17.0. The van der Waals surface area contributed by atoms with Gasteiger partial charge in [0.2, 0.25) is 0 Å². The Morgan fingerprint density at radius 1 is 0.833 bits per heavy atom. The lowest BCUT2D eigenvalue weighted by Gasteiger charge is -1.98. The average molecular weight is 249 g/mol. The van der Waals surface area contributed by atoms with Gasteiger partial charge in [-0.25, -0.2) is 0 Å². The Morgan fingerprint density at radius 3 is 1.61 bits per heavy atom. The van der Waals surface area contributed by atoms with Crippen LogP contribution in [-0.2, 0) is 0 Å². The molecule has 0 saturated heterocycles. The second kappa shape index (κ2) is 15.6. The van der Waals surface area contributed by atoms with Crippen molar-refractivity contribution in [3.05, 3.63) is 48.2 Å². The Morgan fingerprint density at radius 2 is 1.28 bits per heavy atom. The van der Waals surface area contributed by atoms with E-state index in [4.69, 9.17) is 0 Å². The van der Waals surface area contributed by atoms with Crippen LogP contribution in [-0.4, -0.2) is 5.71 Å². The van der Waals surface area contributed by atoms with Crippen molar-refractivity contribution < 1.29 is 0 Å². The van der Waals surface area contributed by atoms with Gasteiger partial charge in [0.25, 0.3) is 0 Å². The molecular weight excluding hydrogens is 218 g/mol. The maximum atomic E-state index is 4.21. The molecule has 0 aromatic carbocycles. The minimum Gasteiger partial charge on any atom is -0.266 e. The second-order valence-corrected chi connectivity index (χ2v) is 3.59. The van der Waals surface area contributed by atoms with Crippen molar-refractivity contribution in [1.29, 1.82) is 0 Å². The zero-order valence-electron chi connectivity index (χ0n) is 13.6. The summed E-state index contributed by atoms with van der Waals surface area (Å²) in [5.74, 6) is 0. The highest BCUT2D eigenvalue weighted by molar-refractivity contribution is 5.79. The van der Waals surface area contributed by atoms with Crippen LogP contribution in [0.4, 0.5) is 0 Å². The first-order chi connectivity index (χ1) is 8.43. The fraction of sp³-hybridized carbons (Fsp3) is 0.471. The number of allylic oxidation sites excluding steroid dienone is 5. The minimum atomic E-state index is 0.970. The smallest absolute Gasteiger partial charge is 0.0301 e. The van der Waals surface area contributed by atoms with Gasteiger partial charge >= 0.3 is 0 Å². The lowest BCUT2D eigenvalue weighted by molar-refractivity contribution is 1.36. The van der Waals surface area contributed by atoms with E-state index in [9.17, 15) is 0 Å². The van der Waals surface area contributed by atoms with Crippen molar-refractivity contribution in [1.82, 2.24) is 0 Å². The van der Waals surface area contributed by atoms with Crippen molar-refractivity contribution in [3.8, 4) is 0 Å². The molecule has 0 radical (unpaired) electrons. The molecule has 0 atom stereocenters. The molecule has 0 saturated carbocycles. The molecule has 18 heavy (non-hydrogen) atoms. The third-order valence-corrected chi connectivity index (χ3v) is 1.59. The average Bonchev–Trinajstić information content (AvgIpc) is 2.37. The van der Waals surface area contributed by atoms with E-state index < -0.39 is 0 Å². The highest BCUT2D eigenvalue weighted by Gasteiger charge is 1.90. The van der Waals surface area contributed by atoms with Gasteiger partial charge in [0.15, 0.2) is 0 Å². The van der Waals surface area contributed by atoms with Crippen LogP contribution in [0.2, 0.25) is 0 Å². The monoisotopic (exact) mass is 249 g/mol. The van der Waals surface area contributed by atoms with E-state index in [0.29, 0.717) is 0 Å². The van der Waals surface area contributed by atoms with Crippen molar-refractivity contribution in [3.63, 3.8) is 0 Å². The Hall–Kier alpha value is -1.37. The van der Waals surface area contributed by atoms with E-state index in [1.54, 1.807) is 0 Å². The molecule has 0 aromatic heterocycles. The van der Waals surface area contributed by atoms with Crippen LogP contribution in [0.1, 0.15) is 55.4 Å². The molecule has 0 fully saturated rings. The normalized spacial score (nSPS) is 9.67. The largest absolute Gasteiger partial charge is 0.266 e. The molecule has 0 bridgehead atoms. The SMILES string of the molecule is C=C(C)/C=C\C(=C)/C(C)=C/N=C(C)C.CC.CC. The predicted molar refractivity (Wildman–Crippen MR) is 88.3 cm³/mol. The number of hydrogen-bond donors (Lipinski definition) is 0. The zero-order chi connectivity index (χ0) is 15.1. The van der Waals surface area contributed by atoms with E-state index in [1.807, 2.05) is 73.7 Å². The summed E-state index contributed by atoms with van der Waals surface area (Å²) in [6.45, 7) is 23.6.